The SMILES string of the molecule is Cc1cnc(-c2ncc(CNC3CC3)[nH]2)nc1. The maximum Gasteiger partial charge on any atom is 0.195 e. The topological polar surface area (TPSA) is 66.5 Å². The molecule has 5 nitrogen and oxygen atoms in total. The van der Waals surface area contributed by atoms with Crippen molar-refractivity contribution in [3.8, 4) is 11.6 Å². The number of imidazole rings is 1. The Morgan fingerprint density at radius 2 is 2.00 bits per heavy atom. The number of hydrogen-bond acceptors (Lipinski definition) is 4. The fourth-order valence-electron chi connectivity index (χ4n) is 1.62. The van der Waals surface area contributed by atoms with Crippen LogP contribution in [0.15, 0.2) is 18.6 Å². The summed E-state index contributed by atoms with van der Waals surface area (Å²) in [6.45, 7) is 2.81. The fourth-order valence-corrected chi connectivity index (χ4v) is 1.62. The van der Waals surface area contributed by atoms with Gasteiger partial charge in [0.05, 0.1) is 6.20 Å². The summed E-state index contributed by atoms with van der Waals surface area (Å²) >= 11 is 0. The molecule has 0 aliphatic heterocycles. The largest absolute Gasteiger partial charge is 0.338 e. The first kappa shape index (κ1) is 10.4. The van der Waals surface area contributed by atoms with Gasteiger partial charge in [-0.3, -0.25) is 0 Å². The summed E-state index contributed by atoms with van der Waals surface area (Å²) < 4.78 is 0. The van der Waals surface area contributed by atoms with Gasteiger partial charge in [0, 0.05) is 30.7 Å². The van der Waals surface area contributed by atoms with Gasteiger partial charge in [0.2, 0.25) is 0 Å². The highest BCUT2D eigenvalue weighted by molar-refractivity contribution is 5.42. The quantitative estimate of drug-likeness (QED) is 0.832. The Morgan fingerprint density at radius 1 is 1.24 bits per heavy atom. The summed E-state index contributed by atoms with van der Waals surface area (Å²) in [5, 5.41) is 3.43. The van der Waals surface area contributed by atoms with Crippen molar-refractivity contribution in [2.24, 2.45) is 0 Å². The summed E-state index contributed by atoms with van der Waals surface area (Å²) in [5.41, 5.74) is 2.13. The summed E-state index contributed by atoms with van der Waals surface area (Å²) in [4.78, 5) is 16.0. The Morgan fingerprint density at radius 3 is 2.71 bits per heavy atom. The van der Waals surface area contributed by atoms with Gasteiger partial charge in [0.15, 0.2) is 11.6 Å². The molecule has 1 aliphatic rings. The van der Waals surface area contributed by atoms with Crippen LogP contribution in [0.25, 0.3) is 11.6 Å². The third-order valence-corrected chi connectivity index (χ3v) is 2.78. The van der Waals surface area contributed by atoms with E-state index in [0.29, 0.717) is 11.9 Å². The Bertz CT molecular complexity index is 498. The van der Waals surface area contributed by atoms with Crippen LogP contribution in [-0.2, 0) is 6.54 Å². The molecule has 0 bridgehead atoms. The molecule has 17 heavy (non-hydrogen) atoms. The van der Waals surface area contributed by atoms with Gasteiger partial charge >= 0.3 is 0 Å². The fraction of sp³-hybridized carbons (Fsp3) is 0.417. The molecule has 0 saturated heterocycles. The lowest BCUT2D eigenvalue weighted by atomic mass is 10.4. The standard InChI is InChI=1S/C12H15N5/c1-8-4-14-11(15-5-8)12-16-7-10(17-12)6-13-9-2-3-9/h4-5,7,9,13H,2-3,6H2,1H3,(H,16,17). The van der Waals surface area contributed by atoms with Crippen LogP contribution < -0.4 is 5.32 Å². The summed E-state index contributed by atoms with van der Waals surface area (Å²) in [5.74, 6) is 1.38. The van der Waals surface area contributed by atoms with E-state index in [2.05, 4.69) is 25.3 Å². The van der Waals surface area contributed by atoms with E-state index in [1.54, 1.807) is 12.4 Å². The van der Waals surface area contributed by atoms with Crippen LogP contribution in [0, 0.1) is 6.92 Å². The minimum atomic E-state index is 0.647. The average Bonchev–Trinajstić information content (AvgIpc) is 3.06. The molecule has 0 amide bonds. The lowest BCUT2D eigenvalue weighted by molar-refractivity contribution is 0.677. The Labute approximate surface area is 99.7 Å². The monoisotopic (exact) mass is 229 g/mol. The average molecular weight is 229 g/mol. The maximum absolute atomic E-state index is 4.29. The maximum atomic E-state index is 4.29. The van der Waals surface area contributed by atoms with Gasteiger partial charge in [0.1, 0.15) is 0 Å². The number of nitrogens with one attached hydrogen (secondary N) is 2. The number of aromatic amines is 1. The highest BCUT2D eigenvalue weighted by Crippen LogP contribution is 2.19. The molecule has 2 aromatic heterocycles. The van der Waals surface area contributed by atoms with E-state index in [0.717, 1.165) is 23.6 Å². The number of aryl methyl sites for hydroxylation is 1. The van der Waals surface area contributed by atoms with Crippen molar-refractivity contribution in [2.45, 2.75) is 32.4 Å². The van der Waals surface area contributed by atoms with E-state index in [1.807, 2.05) is 13.1 Å². The molecule has 88 valence electrons. The number of aromatic nitrogens is 4. The first-order chi connectivity index (χ1) is 8.31. The van der Waals surface area contributed by atoms with Gasteiger partial charge in [-0.2, -0.15) is 0 Å². The van der Waals surface area contributed by atoms with E-state index >= 15 is 0 Å². The van der Waals surface area contributed by atoms with E-state index in [-0.39, 0.29) is 0 Å². The number of nitrogens with zero attached hydrogens (tertiary/aromatic N) is 3. The van der Waals surface area contributed by atoms with E-state index in [4.69, 9.17) is 0 Å². The number of hydrogen-bond donors (Lipinski definition) is 2. The van der Waals surface area contributed by atoms with Crippen LogP contribution in [-0.4, -0.2) is 26.0 Å². The Hall–Kier alpha value is -1.75. The van der Waals surface area contributed by atoms with Crippen LogP contribution in [0.3, 0.4) is 0 Å². The summed E-state index contributed by atoms with van der Waals surface area (Å²) in [6.07, 6.45) is 8.03. The first-order valence-corrected chi connectivity index (χ1v) is 5.87. The minimum Gasteiger partial charge on any atom is -0.338 e. The molecular weight excluding hydrogens is 214 g/mol. The molecule has 0 aromatic carbocycles. The lowest BCUT2D eigenvalue weighted by Crippen LogP contribution is -2.15. The molecule has 3 rings (SSSR count). The van der Waals surface area contributed by atoms with E-state index in [9.17, 15) is 0 Å². The third-order valence-electron chi connectivity index (χ3n) is 2.78. The molecule has 2 aromatic rings. The van der Waals surface area contributed by atoms with Crippen molar-refractivity contribution in [1.82, 2.24) is 25.3 Å². The van der Waals surface area contributed by atoms with E-state index in [1.165, 1.54) is 12.8 Å². The van der Waals surface area contributed by atoms with Crippen molar-refractivity contribution in [3.05, 3.63) is 29.8 Å². The molecule has 0 atom stereocenters. The third kappa shape index (κ3) is 2.50. The second kappa shape index (κ2) is 4.25. The Balaban J connectivity index is 1.72. The molecule has 0 radical (unpaired) electrons. The van der Waals surface area contributed by atoms with Crippen LogP contribution in [0.5, 0.6) is 0 Å². The first-order valence-electron chi connectivity index (χ1n) is 5.87. The molecule has 2 N–H and O–H groups in total. The van der Waals surface area contributed by atoms with Crippen molar-refractivity contribution < 1.29 is 0 Å². The zero-order valence-corrected chi connectivity index (χ0v) is 9.77. The zero-order valence-electron chi connectivity index (χ0n) is 9.77. The van der Waals surface area contributed by atoms with Gasteiger partial charge in [-0.15, -0.1) is 0 Å². The van der Waals surface area contributed by atoms with Crippen molar-refractivity contribution in [3.63, 3.8) is 0 Å². The highest BCUT2D eigenvalue weighted by atomic mass is 15.0. The molecule has 1 fully saturated rings. The molecule has 2 heterocycles. The van der Waals surface area contributed by atoms with Gasteiger partial charge in [0.25, 0.3) is 0 Å². The van der Waals surface area contributed by atoms with Crippen LogP contribution in [0.2, 0.25) is 0 Å². The predicted octanol–water partition coefficient (Wildman–Crippen LogP) is 1.43. The van der Waals surface area contributed by atoms with Crippen molar-refractivity contribution >= 4 is 0 Å². The van der Waals surface area contributed by atoms with Crippen LogP contribution >= 0.6 is 0 Å². The number of rotatable bonds is 4. The normalized spacial score (nSPS) is 15.1. The summed E-state index contributed by atoms with van der Waals surface area (Å²) in [7, 11) is 0. The van der Waals surface area contributed by atoms with Crippen molar-refractivity contribution in [1.29, 1.82) is 0 Å². The highest BCUT2D eigenvalue weighted by Gasteiger charge is 2.20. The lowest BCUT2D eigenvalue weighted by Gasteiger charge is -1.98. The molecule has 0 spiro atoms. The molecule has 5 heteroatoms. The second-order valence-electron chi connectivity index (χ2n) is 4.50. The number of H-pyrrole nitrogens is 1. The van der Waals surface area contributed by atoms with E-state index < -0.39 is 0 Å². The smallest absolute Gasteiger partial charge is 0.195 e. The van der Waals surface area contributed by atoms with Gasteiger partial charge in [-0.25, -0.2) is 15.0 Å². The predicted molar refractivity (Wildman–Crippen MR) is 64.2 cm³/mol. The van der Waals surface area contributed by atoms with Gasteiger partial charge in [-0.05, 0) is 25.3 Å². The Kier molecular flexibility index (Phi) is 2.60. The second-order valence-corrected chi connectivity index (χ2v) is 4.50. The van der Waals surface area contributed by atoms with Crippen LogP contribution in [0.4, 0.5) is 0 Å². The molecule has 1 aliphatic carbocycles. The van der Waals surface area contributed by atoms with Crippen molar-refractivity contribution in [2.75, 3.05) is 0 Å². The zero-order chi connectivity index (χ0) is 11.7. The van der Waals surface area contributed by atoms with Crippen LogP contribution in [0.1, 0.15) is 24.1 Å². The summed E-state index contributed by atoms with van der Waals surface area (Å²) in [6, 6.07) is 0.706. The molecule has 1 saturated carbocycles. The molecular formula is C12H15N5. The van der Waals surface area contributed by atoms with Gasteiger partial charge in [-0.1, -0.05) is 0 Å². The minimum absolute atomic E-state index is 0.647. The molecule has 0 unspecified atom stereocenters. The van der Waals surface area contributed by atoms with Gasteiger partial charge < -0.3 is 10.3 Å².